The fraction of sp³-hybridized carbons (Fsp3) is 0.778. The highest BCUT2D eigenvalue weighted by molar-refractivity contribution is 5.24. The summed E-state index contributed by atoms with van der Waals surface area (Å²) >= 11 is 0. The van der Waals surface area contributed by atoms with Crippen molar-refractivity contribution in [1.82, 2.24) is 0 Å². The molecule has 0 heterocycles. The van der Waals surface area contributed by atoms with Gasteiger partial charge in [0, 0.05) is 18.8 Å². The summed E-state index contributed by atoms with van der Waals surface area (Å²) in [5.41, 5.74) is -0.738. The van der Waals surface area contributed by atoms with Gasteiger partial charge in [-0.2, -0.15) is 0 Å². The first-order valence-corrected chi connectivity index (χ1v) is 13.3. The molecular weight excluding hydrogens is 467 g/mol. The summed E-state index contributed by atoms with van der Waals surface area (Å²) in [4.78, 5) is 0. The Morgan fingerprint density at radius 3 is 1.46 bits per heavy atom. The second-order valence-corrected chi connectivity index (χ2v) is 8.87. The minimum Gasteiger partial charge on any atom is -0.330 e. The van der Waals surface area contributed by atoms with Crippen molar-refractivity contribution >= 4 is 0 Å². The van der Waals surface area contributed by atoms with Crippen molar-refractivity contribution in [2.24, 2.45) is 0 Å². The van der Waals surface area contributed by atoms with Crippen LogP contribution in [0.5, 0.6) is 0 Å². The number of hydrogen-bond donors (Lipinski definition) is 0. The van der Waals surface area contributed by atoms with Crippen LogP contribution in [0.15, 0.2) is 0 Å². The van der Waals surface area contributed by atoms with Gasteiger partial charge in [-0.15, -0.1) is 0 Å². The lowest BCUT2D eigenvalue weighted by Gasteiger charge is -2.24. The van der Waals surface area contributed by atoms with Gasteiger partial charge in [0.05, 0.1) is 6.10 Å². The van der Waals surface area contributed by atoms with Crippen LogP contribution >= 0.6 is 0 Å². The molecule has 0 aliphatic rings. The average Bonchev–Trinajstić information content (AvgIpc) is 2.84. The topological polar surface area (TPSA) is 27.7 Å². The van der Waals surface area contributed by atoms with Crippen molar-refractivity contribution in [3.8, 4) is 0 Å². The Balaban J connectivity index is 2.47. The number of unbranched alkanes of at least 4 members (excludes halogenated alkanes) is 9. The van der Waals surface area contributed by atoms with Gasteiger partial charge in [-0.25, -0.2) is 22.0 Å². The van der Waals surface area contributed by atoms with Gasteiger partial charge in [-0.05, 0) is 39.5 Å². The zero-order chi connectivity index (χ0) is 26.1. The van der Waals surface area contributed by atoms with Gasteiger partial charge in [0.1, 0.15) is 0 Å². The van der Waals surface area contributed by atoms with E-state index in [0.29, 0.717) is 26.1 Å². The zero-order valence-electron chi connectivity index (χ0n) is 21.6. The van der Waals surface area contributed by atoms with Crippen LogP contribution in [0.25, 0.3) is 0 Å². The third-order valence-corrected chi connectivity index (χ3v) is 6.04. The lowest BCUT2D eigenvalue weighted by molar-refractivity contribution is -0.302. The standard InChI is InChI=1S/C27H43F5O3/c1-4-7-8-9-10-11-14-17-20(35-27(33-5-2)34-6-3)18-15-12-13-16-19-21-22(28)24(30)26(32)25(31)23(21)29/h20,27H,4-19H2,1-3H3. The molecule has 35 heavy (non-hydrogen) atoms. The van der Waals surface area contributed by atoms with Crippen LogP contribution in [0.3, 0.4) is 0 Å². The third kappa shape index (κ3) is 12.0. The molecule has 1 unspecified atom stereocenters. The molecule has 1 aromatic carbocycles. The summed E-state index contributed by atoms with van der Waals surface area (Å²) in [7, 11) is 0. The molecule has 0 spiro atoms. The summed E-state index contributed by atoms with van der Waals surface area (Å²) in [5.74, 6) is -9.36. The van der Waals surface area contributed by atoms with Gasteiger partial charge < -0.3 is 14.2 Å². The van der Waals surface area contributed by atoms with E-state index >= 15 is 0 Å². The van der Waals surface area contributed by atoms with Gasteiger partial charge in [0.15, 0.2) is 23.3 Å². The van der Waals surface area contributed by atoms with E-state index in [9.17, 15) is 22.0 Å². The van der Waals surface area contributed by atoms with Crippen LogP contribution in [0.4, 0.5) is 22.0 Å². The molecule has 0 radical (unpaired) electrons. The van der Waals surface area contributed by atoms with E-state index in [0.717, 1.165) is 38.5 Å². The molecular formula is C27H43F5O3. The van der Waals surface area contributed by atoms with Crippen LogP contribution in [-0.4, -0.2) is 25.8 Å². The highest BCUT2D eigenvalue weighted by atomic mass is 19.2. The van der Waals surface area contributed by atoms with Crippen molar-refractivity contribution in [2.45, 2.75) is 123 Å². The Morgan fingerprint density at radius 1 is 0.543 bits per heavy atom. The SMILES string of the molecule is CCCCCCCCCC(CCCCCCc1c(F)c(F)c(F)c(F)c1F)OC(OCC)OCC. The predicted molar refractivity (Wildman–Crippen MR) is 128 cm³/mol. The van der Waals surface area contributed by atoms with Crippen LogP contribution in [0.1, 0.15) is 110 Å². The van der Waals surface area contributed by atoms with Crippen molar-refractivity contribution in [1.29, 1.82) is 0 Å². The molecule has 0 aromatic heterocycles. The first-order chi connectivity index (χ1) is 16.9. The van der Waals surface area contributed by atoms with Crippen LogP contribution in [0, 0.1) is 29.1 Å². The quantitative estimate of drug-likeness (QED) is 0.0544. The molecule has 204 valence electrons. The summed E-state index contributed by atoms with van der Waals surface area (Å²) in [6.07, 6.45) is 12.5. The largest absolute Gasteiger partial charge is 0.330 e. The highest BCUT2D eigenvalue weighted by Crippen LogP contribution is 2.25. The molecule has 1 rings (SSSR count). The lowest BCUT2D eigenvalue weighted by atomic mass is 10.0. The van der Waals surface area contributed by atoms with E-state index in [4.69, 9.17) is 14.2 Å². The average molecular weight is 511 g/mol. The van der Waals surface area contributed by atoms with Crippen molar-refractivity contribution < 1.29 is 36.2 Å². The van der Waals surface area contributed by atoms with Crippen LogP contribution < -0.4 is 0 Å². The molecule has 0 saturated carbocycles. The Hall–Kier alpha value is -1.25. The monoisotopic (exact) mass is 510 g/mol. The first kappa shape index (κ1) is 31.8. The molecule has 0 amide bonds. The third-order valence-electron chi connectivity index (χ3n) is 6.04. The maximum absolute atomic E-state index is 13.8. The molecule has 0 bridgehead atoms. The van der Waals surface area contributed by atoms with Gasteiger partial charge in [-0.3, -0.25) is 0 Å². The van der Waals surface area contributed by atoms with E-state index in [2.05, 4.69) is 6.92 Å². The van der Waals surface area contributed by atoms with E-state index in [1.165, 1.54) is 32.1 Å². The Kier molecular flexibility index (Phi) is 17.2. The molecule has 0 N–H and O–H groups in total. The zero-order valence-corrected chi connectivity index (χ0v) is 21.6. The second kappa shape index (κ2) is 18.9. The number of halogens is 5. The molecule has 0 aliphatic heterocycles. The van der Waals surface area contributed by atoms with Crippen LogP contribution in [0.2, 0.25) is 0 Å². The van der Waals surface area contributed by atoms with Crippen LogP contribution in [-0.2, 0) is 20.6 Å². The fourth-order valence-electron chi connectivity index (χ4n) is 4.06. The predicted octanol–water partition coefficient (Wildman–Crippen LogP) is 8.76. The molecule has 0 aliphatic carbocycles. The second-order valence-electron chi connectivity index (χ2n) is 8.87. The Bertz CT molecular complexity index is 667. The van der Waals surface area contributed by atoms with E-state index in [1.54, 1.807) is 0 Å². The first-order valence-electron chi connectivity index (χ1n) is 13.3. The van der Waals surface area contributed by atoms with Crippen molar-refractivity contribution in [3.05, 3.63) is 34.6 Å². The number of benzene rings is 1. The maximum Gasteiger partial charge on any atom is 0.271 e. The molecule has 0 saturated heterocycles. The fourth-order valence-corrected chi connectivity index (χ4v) is 4.06. The smallest absolute Gasteiger partial charge is 0.271 e. The van der Waals surface area contributed by atoms with Gasteiger partial charge >= 0.3 is 0 Å². The van der Waals surface area contributed by atoms with Gasteiger partial charge in [0.2, 0.25) is 5.82 Å². The Morgan fingerprint density at radius 2 is 0.971 bits per heavy atom. The molecule has 0 fully saturated rings. The minimum atomic E-state index is -2.12. The lowest BCUT2D eigenvalue weighted by Crippen LogP contribution is -2.27. The van der Waals surface area contributed by atoms with Crippen molar-refractivity contribution in [2.75, 3.05) is 13.2 Å². The Labute approximate surface area is 207 Å². The molecule has 3 nitrogen and oxygen atoms in total. The van der Waals surface area contributed by atoms with E-state index in [-0.39, 0.29) is 12.5 Å². The molecule has 1 aromatic rings. The minimum absolute atomic E-state index is 0.0241. The number of hydrogen-bond acceptors (Lipinski definition) is 3. The normalized spacial score (nSPS) is 12.6. The maximum atomic E-state index is 13.8. The number of ether oxygens (including phenoxy) is 3. The van der Waals surface area contributed by atoms with Gasteiger partial charge in [-0.1, -0.05) is 71.1 Å². The van der Waals surface area contributed by atoms with Gasteiger partial charge in [0.25, 0.3) is 6.48 Å². The molecule has 1 atom stereocenters. The highest BCUT2D eigenvalue weighted by Gasteiger charge is 2.25. The number of rotatable bonds is 21. The van der Waals surface area contributed by atoms with E-state index in [1.807, 2.05) is 13.8 Å². The van der Waals surface area contributed by atoms with E-state index < -0.39 is 41.1 Å². The van der Waals surface area contributed by atoms with Crippen molar-refractivity contribution in [3.63, 3.8) is 0 Å². The summed E-state index contributed by atoms with van der Waals surface area (Å²) in [6.45, 7) is 6.22. The summed E-state index contributed by atoms with van der Waals surface area (Å²) in [6, 6.07) is 0. The summed E-state index contributed by atoms with van der Waals surface area (Å²) in [5, 5.41) is 0. The summed E-state index contributed by atoms with van der Waals surface area (Å²) < 4.78 is 84.6. The molecule has 8 heteroatoms.